The molecule has 0 radical (unpaired) electrons. The van der Waals surface area contributed by atoms with E-state index < -0.39 is 102 Å². The zero-order chi connectivity index (χ0) is 53.3. The number of nitrogens with zero attached hydrogens (tertiary/aromatic N) is 2. The zero-order valence-corrected chi connectivity index (χ0v) is 45.0. The summed E-state index contributed by atoms with van der Waals surface area (Å²) < 4.78 is 44.0. The predicted octanol–water partition coefficient (Wildman–Crippen LogP) is 5.06. The lowest BCUT2D eigenvalue weighted by atomic mass is 9.77. The van der Waals surface area contributed by atoms with Gasteiger partial charge in [-0.25, -0.2) is 4.79 Å². The number of likely N-dealkylation sites (N-methyl/N-ethyl adjacent to an activating group) is 1. The number of methoxy groups -OCH3 is 1. The molecule has 3 heterocycles. The normalized spacial score (nSPS) is 38.8. The fraction of sp³-hybridized carbons (Fsp3) is 0.741. The molecule has 3 aliphatic rings. The third-order valence-electron chi connectivity index (χ3n) is 15.3. The van der Waals surface area contributed by atoms with E-state index in [0.717, 1.165) is 5.56 Å². The second-order valence-electron chi connectivity index (χ2n) is 21.8. The Labute approximate surface area is 428 Å². The number of aliphatic hydroxyl groups excluding tert-OH is 3. The van der Waals surface area contributed by atoms with Crippen molar-refractivity contribution < 1.29 is 68.3 Å². The number of esters is 1. The molecule has 408 valence electrons. The minimum Gasteiger partial charge on any atom is -0.489 e. The van der Waals surface area contributed by atoms with E-state index >= 15 is 0 Å². The van der Waals surface area contributed by atoms with E-state index in [9.17, 15) is 35.1 Å². The number of nitrogens with one attached hydrogen (secondary N) is 2. The number of aliphatic hydroxyl groups is 5. The number of benzene rings is 2. The minimum atomic E-state index is -1.93. The molecule has 0 bridgehead atoms. The monoisotopic (exact) mass is 1020 g/mol. The maximum absolute atomic E-state index is 14.6. The smallest absolute Gasteiger partial charge is 0.319 e. The van der Waals surface area contributed by atoms with Gasteiger partial charge in [-0.15, -0.1) is 0 Å². The number of carbonyl (C=O) groups excluding carboxylic acids is 2. The highest BCUT2D eigenvalue weighted by Crippen LogP contribution is 2.40. The van der Waals surface area contributed by atoms with Crippen LogP contribution in [0.5, 0.6) is 5.75 Å². The van der Waals surface area contributed by atoms with E-state index in [2.05, 4.69) is 10.6 Å². The van der Waals surface area contributed by atoms with Gasteiger partial charge in [-0.2, -0.15) is 0 Å². The van der Waals surface area contributed by atoms with Crippen molar-refractivity contribution in [2.75, 3.05) is 46.2 Å². The van der Waals surface area contributed by atoms with Gasteiger partial charge in [-0.05, 0) is 124 Å². The molecule has 18 heteroatoms. The average molecular weight is 1020 g/mol. The van der Waals surface area contributed by atoms with Crippen molar-refractivity contribution in [1.29, 1.82) is 0 Å². The SMILES string of the molecule is CC[C@H]1OC(=O)[C@H](C)[C@@H](O[C@H]2C[C@@](C)(OC)[C@@H](O)[C@H](C)O2)[C@H](C)[C@@H](O[C@@H]2O[C@H](C)C[C@H](N(C)C)[C@H]2O)[C@](C)(O)C[C@@H](C)CN(CCCNC(=O)Nc2ccc(OCc3ccccc3)cc2)[C@H](C)[C@@H](O)[C@]1(C)O. The highest BCUT2D eigenvalue weighted by atomic mass is 16.7. The largest absolute Gasteiger partial charge is 0.489 e. The van der Waals surface area contributed by atoms with Crippen LogP contribution in [0.15, 0.2) is 54.6 Å². The standard InChI is InChI=1S/C54H88N4O14/c1-14-42-54(10,65)46(60)36(6)58(26-18-25-55-51(63)56-39-21-23-40(24-22-39)67-31-38-19-16-15-17-20-38)30-32(2)28-52(8,64)48(72-50-44(59)41(57(11)12)27-33(3)68-50)34(4)45(35(5)49(62)70-42)71-43-29-53(9,66-13)47(61)37(7)69-43/h15-17,19-24,32-37,41-48,50,59-61,64-65H,14,18,25-31H2,1-13H3,(H2,55,56,63)/t32-,33-,34+,35-,36-,37+,41+,42-,43+,44-,45+,46-,47+,48-,50+,52-,53-,54-/m1/s1. The van der Waals surface area contributed by atoms with Crippen LogP contribution < -0.4 is 15.4 Å². The van der Waals surface area contributed by atoms with Gasteiger partial charge in [0, 0.05) is 56.9 Å². The summed E-state index contributed by atoms with van der Waals surface area (Å²) in [6.07, 6.45) is -8.70. The van der Waals surface area contributed by atoms with Crippen molar-refractivity contribution in [1.82, 2.24) is 15.1 Å². The molecule has 0 aliphatic carbocycles. The molecule has 0 aromatic heterocycles. The van der Waals surface area contributed by atoms with Crippen molar-refractivity contribution >= 4 is 17.7 Å². The quantitative estimate of drug-likeness (QED) is 0.0914. The van der Waals surface area contributed by atoms with E-state index in [1.54, 1.807) is 72.7 Å². The molecule has 0 spiro atoms. The van der Waals surface area contributed by atoms with Gasteiger partial charge < -0.3 is 74.2 Å². The molecule has 18 nitrogen and oxygen atoms in total. The molecule has 72 heavy (non-hydrogen) atoms. The van der Waals surface area contributed by atoms with Gasteiger partial charge in [0.05, 0.1) is 41.5 Å². The van der Waals surface area contributed by atoms with Crippen LogP contribution in [-0.2, 0) is 39.8 Å². The van der Waals surface area contributed by atoms with Gasteiger partial charge in [0.25, 0.3) is 0 Å². The predicted molar refractivity (Wildman–Crippen MR) is 272 cm³/mol. The van der Waals surface area contributed by atoms with Crippen LogP contribution in [0.2, 0.25) is 0 Å². The first-order chi connectivity index (χ1) is 33.8. The Balaban J connectivity index is 1.41. The molecule has 2 aromatic rings. The van der Waals surface area contributed by atoms with Crippen LogP contribution in [0.3, 0.4) is 0 Å². The lowest BCUT2D eigenvalue weighted by Gasteiger charge is -2.48. The van der Waals surface area contributed by atoms with Gasteiger partial charge >= 0.3 is 12.0 Å². The van der Waals surface area contributed by atoms with E-state index in [0.29, 0.717) is 44.0 Å². The number of hydrogen-bond acceptors (Lipinski definition) is 16. The summed E-state index contributed by atoms with van der Waals surface area (Å²) >= 11 is 0. The first-order valence-corrected chi connectivity index (χ1v) is 25.9. The molecule has 5 rings (SSSR count). The molecular weight excluding hydrogens is 929 g/mol. The molecule has 7 N–H and O–H groups in total. The third-order valence-corrected chi connectivity index (χ3v) is 15.3. The molecule has 2 aromatic carbocycles. The van der Waals surface area contributed by atoms with Crippen LogP contribution in [0.1, 0.15) is 107 Å². The summed E-state index contributed by atoms with van der Waals surface area (Å²) in [5.41, 5.74) is -3.04. The second-order valence-corrected chi connectivity index (χ2v) is 21.8. The zero-order valence-electron chi connectivity index (χ0n) is 45.0. The number of ether oxygens (including phenoxy) is 7. The van der Waals surface area contributed by atoms with Gasteiger partial charge in [-0.3, -0.25) is 9.69 Å². The number of carbonyl (C=O) groups is 2. The number of rotatable bonds is 15. The van der Waals surface area contributed by atoms with E-state index in [1.165, 1.54) is 14.0 Å². The number of amides is 2. The number of hydrogen-bond donors (Lipinski definition) is 7. The van der Waals surface area contributed by atoms with Crippen LogP contribution in [-0.4, -0.2) is 178 Å². The third kappa shape index (κ3) is 15.1. The molecular formula is C54H88N4O14. The first kappa shape index (κ1) is 59.4. The highest BCUT2D eigenvalue weighted by Gasteiger charge is 2.53. The van der Waals surface area contributed by atoms with Crippen LogP contribution in [0.4, 0.5) is 10.5 Å². The first-order valence-electron chi connectivity index (χ1n) is 25.9. The van der Waals surface area contributed by atoms with Crippen molar-refractivity contribution in [3.63, 3.8) is 0 Å². The van der Waals surface area contributed by atoms with Crippen molar-refractivity contribution in [3.8, 4) is 5.75 Å². The molecule has 3 saturated heterocycles. The lowest BCUT2D eigenvalue weighted by molar-refractivity contribution is -0.318. The Hall–Kier alpha value is -3.50. The van der Waals surface area contributed by atoms with Crippen LogP contribution in [0, 0.1) is 17.8 Å². The molecule has 3 aliphatic heterocycles. The molecule has 0 unspecified atom stereocenters. The number of urea groups is 1. The average Bonchev–Trinajstić information content (AvgIpc) is 3.33. The van der Waals surface area contributed by atoms with Gasteiger partial charge in [-0.1, -0.05) is 51.1 Å². The Bertz CT molecular complexity index is 1980. The second kappa shape index (κ2) is 25.8. The number of anilines is 1. The topological polar surface area (TPSA) is 230 Å². The van der Waals surface area contributed by atoms with Crippen LogP contribution in [0.25, 0.3) is 0 Å². The van der Waals surface area contributed by atoms with Crippen LogP contribution >= 0.6 is 0 Å². The number of cyclic esters (lactones) is 1. The van der Waals surface area contributed by atoms with E-state index in [1.807, 2.05) is 68.1 Å². The molecule has 0 saturated carbocycles. The summed E-state index contributed by atoms with van der Waals surface area (Å²) in [7, 11) is 5.25. The maximum Gasteiger partial charge on any atom is 0.319 e. The van der Waals surface area contributed by atoms with Crippen molar-refractivity contribution in [2.24, 2.45) is 17.8 Å². The van der Waals surface area contributed by atoms with Gasteiger partial charge in [0.1, 0.15) is 42.4 Å². The fourth-order valence-electron chi connectivity index (χ4n) is 10.9. The Kier molecular flexibility index (Phi) is 21.3. The van der Waals surface area contributed by atoms with Crippen molar-refractivity contribution in [3.05, 3.63) is 60.2 Å². The molecule has 3 fully saturated rings. The highest BCUT2D eigenvalue weighted by molar-refractivity contribution is 5.89. The maximum atomic E-state index is 14.6. The Morgan fingerprint density at radius 3 is 2.19 bits per heavy atom. The Morgan fingerprint density at radius 1 is 0.903 bits per heavy atom. The summed E-state index contributed by atoms with van der Waals surface area (Å²) in [5, 5.41) is 65.9. The Morgan fingerprint density at radius 2 is 1.57 bits per heavy atom. The lowest BCUT2D eigenvalue weighted by Crippen LogP contribution is -2.60. The summed E-state index contributed by atoms with van der Waals surface area (Å²) in [5.74, 6) is -2.25. The summed E-state index contributed by atoms with van der Waals surface area (Å²) in [6, 6.07) is 15.5. The van der Waals surface area contributed by atoms with Crippen molar-refractivity contribution in [2.45, 2.75) is 198 Å². The van der Waals surface area contributed by atoms with E-state index in [4.69, 9.17) is 33.2 Å². The van der Waals surface area contributed by atoms with Gasteiger partial charge in [0.15, 0.2) is 12.6 Å². The summed E-state index contributed by atoms with van der Waals surface area (Å²) in [6.45, 7) is 18.9. The van der Waals surface area contributed by atoms with E-state index in [-0.39, 0.29) is 43.9 Å². The minimum absolute atomic E-state index is 0.0946. The van der Waals surface area contributed by atoms with Gasteiger partial charge in [0.2, 0.25) is 0 Å². The molecule has 18 atom stereocenters. The molecule has 2 amide bonds. The fourth-order valence-corrected chi connectivity index (χ4v) is 10.9. The summed E-state index contributed by atoms with van der Waals surface area (Å²) in [4.78, 5) is 31.6.